The van der Waals surface area contributed by atoms with E-state index in [1.54, 1.807) is 0 Å². The second-order valence-electron chi connectivity index (χ2n) is 4.80. The van der Waals surface area contributed by atoms with E-state index in [2.05, 4.69) is 19.1 Å². The summed E-state index contributed by atoms with van der Waals surface area (Å²) in [4.78, 5) is 0. The molecule has 2 rings (SSSR count). The first-order chi connectivity index (χ1) is 9.83. The normalized spacial score (nSPS) is 10.0. The van der Waals surface area contributed by atoms with E-state index >= 15 is 0 Å². The fourth-order valence-electron chi connectivity index (χ4n) is 2.20. The first-order valence-corrected chi connectivity index (χ1v) is 6.99. The van der Waals surface area contributed by atoms with Crippen molar-refractivity contribution in [2.75, 3.05) is 0 Å². The second-order valence-corrected chi connectivity index (χ2v) is 4.80. The summed E-state index contributed by atoms with van der Waals surface area (Å²) in [7, 11) is 0. The number of hydrogen-bond donors (Lipinski definition) is 0. The van der Waals surface area contributed by atoms with Gasteiger partial charge in [0, 0.05) is 0 Å². The van der Waals surface area contributed by atoms with Gasteiger partial charge < -0.3 is 4.74 Å². The van der Waals surface area contributed by atoms with Crippen LogP contribution in [-0.2, 0) is 19.4 Å². The summed E-state index contributed by atoms with van der Waals surface area (Å²) in [5, 5.41) is 8.73. The molecule has 0 N–H and O–H groups in total. The number of nitrogens with zero attached hydrogens (tertiary/aromatic N) is 1. The molecule has 2 aromatic rings. The third-order valence-corrected chi connectivity index (χ3v) is 3.16. The Morgan fingerprint density at radius 2 is 1.85 bits per heavy atom. The highest BCUT2D eigenvalue weighted by molar-refractivity contribution is 5.34. The number of hydrogen-bond acceptors (Lipinski definition) is 2. The molecule has 0 bridgehead atoms. The summed E-state index contributed by atoms with van der Waals surface area (Å²) >= 11 is 0. The van der Waals surface area contributed by atoms with Crippen LogP contribution in [0, 0.1) is 11.3 Å². The van der Waals surface area contributed by atoms with Gasteiger partial charge in [0.25, 0.3) is 0 Å². The summed E-state index contributed by atoms with van der Waals surface area (Å²) < 4.78 is 5.93. The van der Waals surface area contributed by atoms with Crippen LogP contribution in [0.4, 0.5) is 0 Å². The van der Waals surface area contributed by atoms with E-state index < -0.39 is 0 Å². The van der Waals surface area contributed by atoms with E-state index in [1.807, 2.05) is 42.5 Å². The fraction of sp³-hybridized carbons (Fsp3) is 0.278. The highest BCUT2D eigenvalue weighted by Gasteiger charge is 2.03. The Kier molecular flexibility index (Phi) is 5.20. The van der Waals surface area contributed by atoms with Crippen LogP contribution in [0.15, 0.2) is 48.5 Å². The van der Waals surface area contributed by atoms with E-state index in [0.29, 0.717) is 13.0 Å². The number of para-hydroxylation sites is 1. The zero-order valence-electron chi connectivity index (χ0n) is 11.8. The molecule has 0 fully saturated rings. The van der Waals surface area contributed by atoms with Gasteiger partial charge in [-0.05, 0) is 29.2 Å². The van der Waals surface area contributed by atoms with Crippen molar-refractivity contribution in [2.24, 2.45) is 0 Å². The molecule has 0 radical (unpaired) electrons. The number of benzene rings is 2. The minimum Gasteiger partial charge on any atom is -0.489 e. The molecule has 0 unspecified atom stereocenters. The van der Waals surface area contributed by atoms with E-state index in [-0.39, 0.29) is 0 Å². The van der Waals surface area contributed by atoms with Gasteiger partial charge in [0.1, 0.15) is 12.4 Å². The van der Waals surface area contributed by atoms with E-state index in [0.717, 1.165) is 29.7 Å². The molecule has 0 saturated heterocycles. The first-order valence-electron chi connectivity index (χ1n) is 6.99. The maximum absolute atomic E-state index is 8.73. The van der Waals surface area contributed by atoms with Gasteiger partial charge in [-0.25, -0.2) is 0 Å². The van der Waals surface area contributed by atoms with Crippen LogP contribution in [0.5, 0.6) is 5.75 Å². The van der Waals surface area contributed by atoms with Crippen LogP contribution in [0.2, 0.25) is 0 Å². The quantitative estimate of drug-likeness (QED) is 0.780. The average Bonchev–Trinajstić information content (AvgIpc) is 2.47. The van der Waals surface area contributed by atoms with Crippen molar-refractivity contribution in [2.45, 2.75) is 32.8 Å². The summed E-state index contributed by atoms with van der Waals surface area (Å²) in [5.74, 6) is 0.958. The molecule has 0 spiro atoms. The zero-order chi connectivity index (χ0) is 14.2. The monoisotopic (exact) mass is 265 g/mol. The molecular formula is C18H19NO. The van der Waals surface area contributed by atoms with Gasteiger partial charge in [-0.2, -0.15) is 5.26 Å². The molecule has 2 heteroatoms. The highest BCUT2D eigenvalue weighted by atomic mass is 16.5. The third kappa shape index (κ3) is 3.86. The number of rotatable bonds is 6. The molecule has 102 valence electrons. The number of nitriles is 1. The van der Waals surface area contributed by atoms with Gasteiger partial charge in [0.2, 0.25) is 0 Å². The largest absolute Gasteiger partial charge is 0.489 e. The van der Waals surface area contributed by atoms with Crippen molar-refractivity contribution >= 4 is 0 Å². The zero-order valence-corrected chi connectivity index (χ0v) is 11.8. The lowest BCUT2D eigenvalue weighted by Crippen LogP contribution is -1.99. The predicted octanol–water partition coefficient (Wildman–Crippen LogP) is 4.28. The Morgan fingerprint density at radius 1 is 1.05 bits per heavy atom. The van der Waals surface area contributed by atoms with Gasteiger partial charge in [-0.3, -0.25) is 0 Å². The lowest BCUT2D eigenvalue weighted by Gasteiger charge is -2.11. The van der Waals surface area contributed by atoms with Crippen molar-refractivity contribution < 1.29 is 4.74 Å². The smallest absolute Gasteiger partial charge is 0.122 e. The topological polar surface area (TPSA) is 33.0 Å². The Bertz CT molecular complexity index is 598. The lowest BCUT2D eigenvalue weighted by atomic mass is 10.1. The van der Waals surface area contributed by atoms with Crippen molar-refractivity contribution in [1.82, 2.24) is 0 Å². The van der Waals surface area contributed by atoms with Gasteiger partial charge in [-0.1, -0.05) is 55.8 Å². The maximum atomic E-state index is 8.73. The molecule has 2 nitrogen and oxygen atoms in total. The molecule has 0 saturated carbocycles. The van der Waals surface area contributed by atoms with Crippen LogP contribution >= 0.6 is 0 Å². The minimum absolute atomic E-state index is 0.445. The van der Waals surface area contributed by atoms with Crippen LogP contribution in [0.25, 0.3) is 0 Å². The molecule has 0 aliphatic heterocycles. The molecule has 20 heavy (non-hydrogen) atoms. The van der Waals surface area contributed by atoms with Crippen LogP contribution in [0.1, 0.15) is 30.0 Å². The Balaban J connectivity index is 2.05. The third-order valence-electron chi connectivity index (χ3n) is 3.16. The van der Waals surface area contributed by atoms with Crippen molar-refractivity contribution in [1.29, 1.82) is 5.26 Å². The lowest BCUT2D eigenvalue weighted by molar-refractivity contribution is 0.302. The Hall–Kier alpha value is -2.27. The summed E-state index contributed by atoms with van der Waals surface area (Å²) in [6, 6.07) is 18.4. The van der Waals surface area contributed by atoms with Gasteiger partial charge in [0.15, 0.2) is 0 Å². The fourth-order valence-corrected chi connectivity index (χ4v) is 2.20. The molecule has 0 atom stereocenters. The highest BCUT2D eigenvalue weighted by Crippen LogP contribution is 2.21. The molecule has 0 aliphatic carbocycles. The number of aryl methyl sites for hydroxylation is 1. The molecule has 2 aromatic carbocycles. The number of ether oxygens (including phenoxy) is 1. The molecule has 0 heterocycles. The Morgan fingerprint density at radius 3 is 2.65 bits per heavy atom. The van der Waals surface area contributed by atoms with Crippen LogP contribution in [0.3, 0.4) is 0 Å². The van der Waals surface area contributed by atoms with Crippen LogP contribution < -0.4 is 4.74 Å². The minimum atomic E-state index is 0.445. The second kappa shape index (κ2) is 7.35. The van der Waals surface area contributed by atoms with Gasteiger partial charge in [0.05, 0.1) is 12.5 Å². The Labute approximate surface area is 120 Å². The van der Waals surface area contributed by atoms with Crippen LogP contribution in [-0.4, -0.2) is 0 Å². The van der Waals surface area contributed by atoms with Crippen molar-refractivity contribution in [3.8, 4) is 11.8 Å². The SMILES string of the molecule is CCCc1ccccc1OCc1cccc(CC#N)c1. The maximum Gasteiger partial charge on any atom is 0.122 e. The average molecular weight is 265 g/mol. The first kappa shape index (κ1) is 14.1. The summed E-state index contributed by atoms with van der Waals surface area (Å²) in [6.45, 7) is 2.71. The summed E-state index contributed by atoms with van der Waals surface area (Å²) in [6.07, 6.45) is 2.59. The molecular weight excluding hydrogens is 246 g/mol. The molecule has 0 amide bonds. The van der Waals surface area contributed by atoms with E-state index in [4.69, 9.17) is 10.00 Å². The van der Waals surface area contributed by atoms with Gasteiger partial charge in [-0.15, -0.1) is 0 Å². The predicted molar refractivity (Wildman–Crippen MR) is 80.5 cm³/mol. The van der Waals surface area contributed by atoms with E-state index in [9.17, 15) is 0 Å². The van der Waals surface area contributed by atoms with E-state index in [1.165, 1.54) is 5.56 Å². The molecule has 0 aromatic heterocycles. The van der Waals surface area contributed by atoms with Crippen molar-refractivity contribution in [3.05, 3.63) is 65.2 Å². The summed E-state index contributed by atoms with van der Waals surface area (Å²) in [5.41, 5.74) is 3.39. The van der Waals surface area contributed by atoms with Crippen molar-refractivity contribution in [3.63, 3.8) is 0 Å². The standard InChI is InChI=1S/C18H19NO/c1-2-6-17-9-3-4-10-18(17)20-14-16-8-5-7-15(13-16)11-12-19/h3-5,7-10,13H,2,6,11,14H2,1H3. The van der Waals surface area contributed by atoms with Gasteiger partial charge >= 0.3 is 0 Å². The molecule has 0 aliphatic rings.